The predicted molar refractivity (Wildman–Crippen MR) is 78.6 cm³/mol. The van der Waals surface area contributed by atoms with Crippen LogP contribution in [0.1, 0.15) is 24.4 Å². The number of hydrogen-bond acceptors (Lipinski definition) is 5. The van der Waals surface area contributed by atoms with Crippen LogP contribution in [-0.4, -0.2) is 22.2 Å². The lowest BCUT2D eigenvalue weighted by Gasteiger charge is -2.11. The molecular formula is C14H17N3O2S. The highest BCUT2D eigenvalue weighted by Crippen LogP contribution is 2.16. The first-order valence-corrected chi connectivity index (χ1v) is 7.29. The zero-order valence-electron chi connectivity index (χ0n) is 11.5. The Hall–Kier alpha value is -1.79. The number of benzene rings is 1. The molecule has 6 heteroatoms. The van der Waals surface area contributed by atoms with E-state index in [4.69, 9.17) is 4.74 Å². The molecule has 1 N–H and O–H groups in total. The summed E-state index contributed by atoms with van der Waals surface area (Å²) < 4.78 is 5.54. The summed E-state index contributed by atoms with van der Waals surface area (Å²) in [6, 6.07) is 9.75. The molecule has 0 spiro atoms. The molecule has 5 nitrogen and oxygen atoms in total. The van der Waals surface area contributed by atoms with Crippen LogP contribution in [0.2, 0.25) is 0 Å². The third-order valence-corrected chi connectivity index (χ3v) is 3.69. The van der Waals surface area contributed by atoms with E-state index in [1.165, 1.54) is 11.3 Å². The number of ether oxygens (including phenoxy) is 1. The molecule has 1 heterocycles. The van der Waals surface area contributed by atoms with Crippen molar-refractivity contribution >= 4 is 22.4 Å². The predicted octanol–water partition coefficient (Wildman–Crippen LogP) is 2.64. The van der Waals surface area contributed by atoms with Gasteiger partial charge in [0.2, 0.25) is 5.13 Å². The first-order valence-electron chi connectivity index (χ1n) is 6.47. The molecule has 20 heavy (non-hydrogen) atoms. The number of amides is 1. The SMILES string of the molecule is CCc1nnc(NC(=O)[C@@H](C)OCc2ccccc2)s1. The van der Waals surface area contributed by atoms with E-state index in [9.17, 15) is 4.79 Å². The van der Waals surface area contributed by atoms with Gasteiger partial charge in [-0.25, -0.2) is 0 Å². The molecule has 2 aromatic rings. The summed E-state index contributed by atoms with van der Waals surface area (Å²) in [7, 11) is 0. The van der Waals surface area contributed by atoms with Crippen molar-refractivity contribution in [1.82, 2.24) is 10.2 Å². The van der Waals surface area contributed by atoms with Crippen LogP contribution in [0.3, 0.4) is 0 Å². The molecule has 0 bridgehead atoms. The lowest BCUT2D eigenvalue weighted by atomic mass is 10.2. The maximum Gasteiger partial charge on any atom is 0.255 e. The van der Waals surface area contributed by atoms with Crippen molar-refractivity contribution in [2.75, 3.05) is 5.32 Å². The second-order valence-electron chi connectivity index (χ2n) is 4.28. The van der Waals surface area contributed by atoms with Crippen molar-refractivity contribution in [3.05, 3.63) is 40.9 Å². The van der Waals surface area contributed by atoms with Gasteiger partial charge in [-0.05, 0) is 18.9 Å². The second kappa shape index (κ2) is 7.12. The Balaban J connectivity index is 1.82. The molecule has 0 unspecified atom stereocenters. The third kappa shape index (κ3) is 4.11. The number of nitrogens with one attached hydrogen (secondary N) is 1. The highest BCUT2D eigenvalue weighted by atomic mass is 32.1. The number of aromatic nitrogens is 2. The molecule has 0 saturated carbocycles. The van der Waals surface area contributed by atoms with Crippen LogP contribution >= 0.6 is 11.3 Å². The monoisotopic (exact) mass is 291 g/mol. The van der Waals surface area contributed by atoms with Crippen LogP contribution < -0.4 is 5.32 Å². The van der Waals surface area contributed by atoms with Crippen molar-refractivity contribution in [3.8, 4) is 0 Å². The van der Waals surface area contributed by atoms with Crippen molar-refractivity contribution in [1.29, 1.82) is 0 Å². The minimum atomic E-state index is -0.538. The number of nitrogens with zero attached hydrogens (tertiary/aromatic N) is 2. The Morgan fingerprint density at radius 2 is 2.10 bits per heavy atom. The summed E-state index contributed by atoms with van der Waals surface area (Å²) in [4.78, 5) is 11.9. The Labute approximate surface area is 122 Å². The molecule has 1 amide bonds. The van der Waals surface area contributed by atoms with E-state index in [0.29, 0.717) is 11.7 Å². The van der Waals surface area contributed by atoms with E-state index in [-0.39, 0.29) is 5.91 Å². The van der Waals surface area contributed by atoms with E-state index >= 15 is 0 Å². The molecule has 2 rings (SSSR count). The molecule has 106 valence electrons. The van der Waals surface area contributed by atoms with Crippen molar-refractivity contribution < 1.29 is 9.53 Å². The average molecular weight is 291 g/mol. The summed E-state index contributed by atoms with van der Waals surface area (Å²) in [5, 5.41) is 12.0. The van der Waals surface area contributed by atoms with Gasteiger partial charge in [-0.3, -0.25) is 10.1 Å². The summed E-state index contributed by atoms with van der Waals surface area (Å²) >= 11 is 1.38. The highest BCUT2D eigenvalue weighted by Gasteiger charge is 2.15. The molecule has 0 radical (unpaired) electrons. The number of hydrogen-bond donors (Lipinski definition) is 1. The van der Waals surface area contributed by atoms with E-state index in [1.54, 1.807) is 6.92 Å². The topological polar surface area (TPSA) is 64.1 Å². The lowest BCUT2D eigenvalue weighted by Crippen LogP contribution is -2.27. The Kier molecular flexibility index (Phi) is 5.20. The van der Waals surface area contributed by atoms with Crippen molar-refractivity contribution in [2.24, 2.45) is 0 Å². The largest absolute Gasteiger partial charge is 0.364 e. The average Bonchev–Trinajstić information content (AvgIpc) is 2.93. The zero-order valence-corrected chi connectivity index (χ0v) is 12.3. The standard InChI is InChI=1S/C14H17N3O2S/c1-3-12-16-17-14(20-12)15-13(18)10(2)19-9-11-7-5-4-6-8-11/h4-8,10H,3,9H2,1-2H3,(H,15,17,18)/t10-/m1/s1. The van der Waals surface area contributed by atoms with Gasteiger partial charge >= 0.3 is 0 Å². The van der Waals surface area contributed by atoms with Gasteiger partial charge in [0.25, 0.3) is 5.91 Å². The molecule has 0 aliphatic carbocycles. The number of rotatable bonds is 6. The zero-order chi connectivity index (χ0) is 14.4. The summed E-state index contributed by atoms with van der Waals surface area (Å²) in [5.41, 5.74) is 1.04. The molecule has 0 aliphatic heterocycles. The maximum atomic E-state index is 11.9. The fourth-order valence-corrected chi connectivity index (χ4v) is 2.21. The van der Waals surface area contributed by atoms with Gasteiger partial charge in [0, 0.05) is 0 Å². The first kappa shape index (κ1) is 14.6. The first-order chi connectivity index (χ1) is 9.69. The Morgan fingerprint density at radius 3 is 2.75 bits per heavy atom. The highest BCUT2D eigenvalue weighted by molar-refractivity contribution is 7.15. The number of carbonyl (C=O) groups excluding carboxylic acids is 1. The summed E-state index contributed by atoms with van der Waals surface area (Å²) in [6.07, 6.45) is 0.275. The second-order valence-corrected chi connectivity index (χ2v) is 5.34. The number of carbonyl (C=O) groups is 1. The number of anilines is 1. The van der Waals surface area contributed by atoms with Crippen molar-refractivity contribution in [3.63, 3.8) is 0 Å². The van der Waals surface area contributed by atoms with E-state index < -0.39 is 6.10 Å². The van der Waals surface area contributed by atoms with Crippen LogP contribution in [0, 0.1) is 0 Å². The van der Waals surface area contributed by atoms with Gasteiger partial charge in [0.15, 0.2) is 0 Å². The van der Waals surface area contributed by atoms with E-state index in [0.717, 1.165) is 17.0 Å². The third-order valence-electron chi connectivity index (χ3n) is 2.71. The van der Waals surface area contributed by atoms with Crippen LogP contribution in [-0.2, 0) is 22.6 Å². The van der Waals surface area contributed by atoms with Crippen LogP contribution in [0.4, 0.5) is 5.13 Å². The quantitative estimate of drug-likeness (QED) is 0.888. The van der Waals surface area contributed by atoms with Gasteiger partial charge < -0.3 is 4.74 Å². The number of aryl methyl sites for hydroxylation is 1. The fraction of sp³-hybridized carbons (Fsp3) is 0.357. The van der Waals surface area contributed by atoms with Crippen LogP contribution in [0.15, 0.2) is 30.3 Å². The molecule has 1 atom stereocenters. The van der Waals surface area contributed by atoms with Gasteiger partial charge in [0.05, 0.1) is 6.61 Å². The summed E-state index contributed by atoms with van der Waals surface area (Å²) in [6.45, 7) is 4.13. The smallest absolute Gasteiger partial charge is 0.255 e. The van der Waals surface area contributed by atoms with Gasteiger partial charge in [-0.2, -0.15) is 0 Å². The minimum Gasteiger partial charge on any atom is -0.364 e. The van der Waals surface area contributed by atoms with E-state index in [1.807, 2.05) is 37.3 Å². The molecular weight excluding hydrogens is 274 g/mol. The van der Waals surface area contributed by atoms with Gasteiger partial charge in [-0.15, -0.1) is 10.2 Å². The fourth-order valence-electron chi connectivity index (χ4n) is 1.53. The molecule has 1 aromatic heterocycles. The summed E-state index contributed by atoms with van der Waals surface area (Å²) in [5.74, 6) is -0.209. The van der Waals surface area contributed by atoms with Crippen LogP contribution in [0.25, 0.3) is 0 Å². The molecule has 0 fully saturated rings. The molecule has 0 aliphatic rings. The Morgan fingerprint density at radius 1 is 1.35 bits per heavy atom. The molecule has 0 saturated heterocycles. The van der Waals surface area contributed by atoms with Gasteiger partial charge in [0.1, 0.15) is 11.1 Å². The molecule has 1 aromatic carbocycles. The lowest BCUT2D eigenvalue weighted by molar-refractivity contribution is -0.127. The van der Waals surface area contributed by atoms with Crippen LogP contribution in [0.5, 0.6) is 0 Å². The van der Waals surface area contributed by atoms with E-state index in [2.05, 4.69) is 15.5 Å². The Bertz CT molecular complexity index is 557. The van der Waals surface area contributed by atoms with Crippen molar-refractivity contribution in [2.45, 2.75) is 33.0 Å². The minimum absolute atomic E-state index is 0.209. The maximum absolute atomic E-state index is 11.9. The normalized spacial score (nSPS) is 12.1. The van der Waals surface area contributed by atoms with Gasteiger partial charge in [-0.1, -0.05) is 48.6 Å².